The minimum absolute atomic E-state index is 0.000420. The average Bonchev–Trinajstić information content (AvgIpc) is 2.59. The number of hydrogen-bond donors (Lipinski definition) is 1. The molecule has 0 bridgehead atoms. The second-order valence-electron chi connectivity index (χ2n) is 6.80. The van der Waals surface area contributed by atoms with Gasteiger partial charge in [-0.25, -0.2) is 0 Å². The van der Waals surface area contributed by atoms with Crippen LogP contribution in [0.2, 0.25) is 0 Å². The van der Waals surface area contributed by atoms with Crippen LogP contribution in [0.1, 0.15) is 56.2 Å². The Morgan fingerprint density at radius 2 is 1.44 bits per heavy atom. The van der Waals surface area contributed by atoms with Crippen molar-refractivity contribution in [1.29, 1.82) is 0 Å². The summed E-state index contributed by atoms with van der Waals surface area (Å²) >= 11 is 0. The quantitative estimate of drug-likeness (QED) is 0.425. The van der Waals surface area contributed by atoms with E-state index in [4.69, 9.17) is 0 Å². The van der Waals surface area contributed by atoms with Crippen LogP contribution in [0.25, 0.3) is 0 Å². The maximum Gasteiger partial charge on any atom is 0.270 e. The summed E-state index contributed by atoms with van der Waals surface area (Å²) in [5, 5.41) is 32.2. The van der Waals surface area contributed by atoms with Gasteiger partial charge in [0, 0.05) is 36.0 Å². The van der Waals surface area contributed by atoms with E-state index in [1.165, 1.54) is 36.5 Å². The lowest BCUT2D eigenvalue weighted by atomic mass is 9.92. The summed E-state index contributed by atoms with van der Waals surface area (Å²) in [6.07, 6.45) is 1.35. The van der Waals surface area contributed by atoms with Gasteiger partial charge in [-0.3, -0.25) is 25.2 Å². The number of nitro groups is 2. The van der Waals surface area contributed by atoms with Gasteiger partial charge in [0.2, 0.25) is 0 Å². The molecule has 0 radical (unpaired) electrons. The van der Waals surface area contributed by atoms with E-state index >= 15 is 0 Å². The van der Waals surface area contributed by atoms with E-state index < -0.39 is 9.85 Å². The lowest BCUT2D eigenvalue weighted by Crippen LogP contribution is -2.00. The summed E-state index contributed by atoms with van der Waals surface area (Å²) < 4.78 is 0. The minimum atomic E-state index is -0.554. The van der Waals surface area contributed by atoms with Crippen LogP contribution >= 0.6 is 0 Å². The topological polar surface area (TPSA) is 119 Å². The zero-order valence-electron chi connectivity index (χ0n) is 15.5. The second kappa shape index (κ2) is 7.94. The Balaban J connectivity index is 2.64. The Morgan fingerprint density at radius 1 is 0.926 bits per heavy atom. The first-order chi connectivity index (χ1) is 12.6. The first kappa shape index (κ1) is 20.0. The van der Waals surface area contributed by atoms with Crippen LogP contribution in [-0.2, 0) is 0 Å². The van der Waals surface area contributed by atoms with Gasteiger partial charge in [-0.15, -0.1) is 0 Å². The predicted molar refractivity (Wildman–Crippen MR) is 103 cm³/mol. The summed E-state index contributed by atoms with van der Waals surface area (Å²) in [5.41, 5.74) is 2.03. The van der Waals surface area contributed by atoms with Crippen molar-refractivity contribution >= 4 is 23.3 Å². The highest BCUT2D eigenvalue weighted by atomic mass is 16.6. The summed E-state index contributed by atoms with van der Waals surface area (Å²) in [5.74, 6) is -0.176. The standard InChI is InChI=1S/C19H21N3O5/c1-11(2)16-8-15(22(26)27)9-17(12(3)4)19(16)20-10-13-7-14(21(24)25)5-6-18(13)23/h5-12,23H,1-4H3. The SMILES string of the molecule is CC(C)c1cc([N+](=O)[O-])cc(C(C)C)c1N=Cc1cc([N+](=O)[O-])ccc1O. The van der Waals surface area contributed by atoms with Crippen LogP contribution in [0.15, 0.2) is 35.3 Å². The van der Waals surface area contributed by atoms with Crippen molar-refractivity contribution < 1.29 is 15.0 Å². The Hall–Kier alpha value is -3.29. The van der Waals surface area contributed by atoms with Crippen molar-refractivity contribution in [2.75, 3.05) is 0 Å². The highest BCUT2D eigenvalue weighted by molar-refractivity contribution is 5.87. The molecule has 0 aliphatic rings. The maximum atomic E-state index is 11.3. The average molecular weight is 371 g/mol. The Bertz CT molecular complexity index is 891. The predicted octanol–water partition coefficient (Wildman–Crippen LogP) is 5.21. The molecular formula is C19H21N3O5. The van der Waals surface area contributed by atoms with Gasteiger partial charge in [0.05, 0.1) is 15.5 Å². The molecule has 0 fully saturated rings. The van der Waals surface area contributed by atoms with E-state index in [-0.39, 0.29) is 34.5 Å². The van der Waals surface area contributed by atoms with Crippen molar-refractivity contribution in [1.82, 2.24) is 0 Å². The number of nitrogens with zero attached hydrogens (tertiary/aromatic N) is 3. The van der Waals surface area contributed by atoms with E-state index in [2.05, 4.69) is 4.99 Å². The van der Waals surface area contributed by atoms with E-state index in [0.29, 0.717) is 16.8 Å². The summed E-state index contributed by atoms with van der Waals surface area (Å²) in [4.78, 5) is 25.7. The molecule has 2 aromatic rings. The number of benzene rings is 2. The van der Waals surface area contributed by atoms with Gasteiger partial charge < -0.3 is 5.11 Å². The fraction of sp³-hybridized carbons (Fsp3) is 0.316. The van der Waals surface area contributed by atoms with Crippen LogP contribution in [0.4, 0.5) is 17.1 Å². The molecule has 0 spiro atoms. The number of phenolic OH excluding ortho intramolecular Hbond substituents is 1. The summed E-state index contributed by atoms with van der Waals surface area (Å²) in [6, 6.07) is 6.67. The normalized spacial score (nSPS) is 11.5. The van der Waals surface area contributed by atoms with Crippen molar-refractivity contribution in [2.24, 2.45) is 4.99 Å². The minimum Gasteiger partial charge on any atom is -0.507 e. The molecule has 8 heteroatoms. The zero-order valence-corrected chi connectivity index (χ0v) is 15.5. The number of nitro benzene ring substituents is 2. The van der Waals surface area contributed by atoms with Crippen LogP contribution in [-0.4, -0.2) is 21.2 Å². The Kier molecular flexibility index (Phi) is 5.89. The molecule has 0 saturated carbocycles. The Morgan fingerprint density at radius 3 is 1.89 bits per heavy atom. The monoisotopic (exact) mass is 371 g/mol. The molecule has 142 valence electrons. The molecule has 0 heterocycles. The molecule has 0 amide bonds. The molecule has 0 unspecified atom stereocenters. The molecule has 0 aliphatic heterocycles. The fourth-order valence-corrected chi connectivity index (χ4v) is 2.69. The number of phenols is 1. The number of non-ortho nitro benzene ring substituents is 2. The molecule has 0 atom stereocenters. The zero-order chi connectivity index (χ0) is 20.3. The lowest BCUT2D eigenvalue weighted by molar-refractivity contribution is -0.385. The molecule has 27 heavy (non-hydrogen) atoms. The van der Waals surface area contributed by atoms with Gasteiger partial charge in [-0.05, 0) is 29.0 Å². The van der Waals surface area contributed by atoms with Gasteiger partial charge in [-0.2, -0.15) is 0 Å². The van der Waals surface area contributed by atoms with E-state index in [9.17, 15) is 25.3 Å². The van der Waals surface area contributed by atoms with Crippen molar-refractivity contribution in [2.45, 2.75) is 39.5 Å². The maximum absolute atomic E-state index is 11.3. The van der Waals surface area contributed by atoms with E-state index in [1.54, 1.807) is 0 Å². The second-order valence-corrected chi connectivity index (χ2v) is 6.80. The van der Waals surface area contributed by atoms with Crippen LogP contribution in [0, 0.1) is 20.2 Å². The molecule has 8 nitrogen and oxygen atoms in total. The smallest absolute Gasteiger partial charge is 0.270 e. The third-order valence-corrected chi connectivity index (χ3v) is 4.16. The van der Waals surface area contributed by atoms with Crippen LogP contribution in [0.3, 0.4) is 0 Å². The van der Waals surface area contributed by atoms with Gasteiger partial charge in [0.15, 0.2) is 0 Å². The number of rotatable bonds is 6. The first-order valence-corrected chi connectivity index (χ1v) is 8.45. The number of aliphatic imine (C=N–C) groups is 1. The molecule has 0 saturated heterocycles. The lowest BCUT2D eigenvalue weighted by Gasteiger charge is -2.16. The highest BCUT2D eigenvalue weighted by Gasteiger charge is 2.20. The van der Waals surface area contributed by atoms with Crippen molar-refractivity contribution in [3.05, 3.63) is 67.3 Å². The number of aromatic hydroxyl groups is 1. The first-order valence-electron chi connectivity index (χ1n) is 8.45. The van der Waals surface area contributed by atoms with E-state index in [1.807, 2.05) is 27.7 Å². The molecule has 0 aromatic heterocycles. The van der Waals surface area contributed by atoms with Crippen LogP contribution < -0.4 is 0 Å². The molecule has 1 N–H and O–H groups in total. The molecule has 2 aromatic carbocycles. The third kappa shape index (κ3) is 4.46. The molecular weight excluding hydrogens is 350 g/mol. The van der Waals surface area contributed by atoms with E-state index in [0.717, 1.165) is 0 Å². The van der Waals surface area contributed by atoms with Crippen molar-refractivity contribution in [3.63, 3.8) is 0 Å². The summed E-state index contributed by atoms with van der Waals surface area (Å²) in [7, 11) is 0. The number of hydrogen-bond acceptors (Lipinski definition) is 6. The van der Waals surface area contributed by atoms with Gasteiger partial charge in [0.1, 0.15) is 5.75 Å². The van der Waals surface area contributed by atoms with Gasteiger partial charge >= 0.3 is 0 Å². The fourth-order valence-electron chi connectivity index (χ4n) is 2.69. The summed E-state index contributed by atoms with van der Waals surface area (Å²) in [6.45, 7) is 7.64. The molecule has 0 aliphatic carbocycles. The van der Waals surface area contributed by atoms with Crippen molar-refractivity contribution in [3.8, 4) is 5.75 Å². The van der Waals surface area contributed by atoms with Gasteiger partial charge in [0.25, 0.3) is 11.4 Å². The highest BCUT2D eigenvalue weighted by Crippen LogP contribution is 2.38. The third-order valence-electron chi connectivity index (χ3n) is 4.16. The van der Waals surface area contributed by atoms with Crippen LogP contribution in [0.5, 0.6) is 5.75 Å². The Labute approximate surface area is 156 Å². The van der Waals surface area contributed by atoms with Gasteiger partial charge in [-0.1, -0.05) is 27.7 Å². The molecule has 2 rings (SSSR count). The largest absolute Gasteiger partial charge is 0.507 e.